The fourth-order valence-electron chi connectivity index (χ4n) is 2.59. The molecule has 1 aliphatic rings. The zero-order chi connectivity index (χ0) is 13.8. The molecular formula is C14H17Br2NO2. The molecule has 104 valence electrons. The third-order valence-electron chi connectivity index (χ3n) is 3.74. The van der Waals surface area contributed by atoms with Gasteiger partial charge in [0.05, 0.1) is 5.56 Å². The smallest absolute Gasteiger partial charge is 0.255 e. The first-order valence-corrected chi connectivity index (χ1v) is 8.36. The molecule has 1 saturated carbocycles. The first-order valence-electron chi connectivity index (χ1n) is 6.44. The van der Waals surface area contributed by atoms with E-state index in [0.717, 1.165) is 9.80 Å². The Kier molecular flexibility index (Phi) is 5.28. The van der Waals surface area contributed by atoms with Crippen molar-refractivity contribution in [3.63, 3.8) is 0 Å². The number of hydrogen-bond acceptors (Lipinski definition) is 2. The van der Waals surface area contributed by atoms with Crippen LogP contribution in [-0.4, -0.2) is 22.9 Å². The minimum Gasteiger partial charge on any atom is -0.507 e. The molecular weight excluding hydrogens is 374 g/mol. The number of nitrogens with one attached hydrogen (secondary N) is 1. The highest BCUT2D eigenvalue weighted by atomic mass is 79.9. The minimum atomic E-state index is -0.209. The zero-order valence-electron chi connectivity index (χ0n) is 10.5. The predicted molar refractivity (Wildman–Crippen MR) is 82.8 cm³/mol. The van der Waals surface area contributed by atoms with Crippen LogP contribution in [0, 0.1) is 11.8 Å². The van der Waals surface area contributed by atoms with Crippen LogP contribution in [0.1, 0.15) is 29.6 Å². The number of aromatic hydroxyl groups is 1. The third-order valence-corrected chi connectivity index (χ3v) is 5.07. The van der Waals surface area contributed by atoms with Gasteiger partial charge in [0.2, 0.25) is 0 Å². The van der Waals surface area contributed by atoms with Crippen molar-refractivity contribution >= 4 is 37.8 Å². The van der Waals surface area contributed by atoms with Crippen molar-refractivity contribution in [3.05, 3.63) is 28.2 Å². The van der Waals surface area contributed by atoms with E-state index in [-0.39, 0.29) is 11.7 Å². The molecule has 19 heavy (non-hydrogen) atoms. The zero-order valence-corrected chi connectivity index (χ0v) is 13.7. The van der Waals surface area contributed by atoms with Crippen LogP contribution in [0.2, 0.25) is 0 Å². The van der Waals surface area contributed by atoms with Crippen molar-refractivity contribution in [3.8, 4) is 5.75 Å². The van der Waals surface area contributed by atoms with Gasteiger partial charge >= 0.3 is 0 Å². The van der Waals surface area contributed by atoms with Crippen LogP contribution in [0.5, 0.6) is 5.75 Å². The molecule has 1 aromatic carbocycles. The fourth-order valence-corrected chi connectivity index (χ4v) is 3.81. The molecule has 1 amide bonds. The summed E-state index contributed by atoms with van der Waals surface area (Å²) in [5, 5.41) is 13.6. The molecule has 2 N–H and O–H groups in total. The lowest BCUT2D eigenvalue weighted by atomic mass is 9.98. The molecule has 1 aromatic rings. The van der Waals surface area contributed by atoms with E-state index in [0.29, 0.717) is 23.9 Å². The van der Waals surface area contributed by atoms with E-state index in [9.17, 15) is 9.90 Å². The topological polar surface area (TPSA) is 49.3 Å². The van der Waals surface area contributed by atoms with Gasteiger partial charge in [-0.25, -0.2) is 0 Å². The molecule has 0 bridgehead atoms. The molecule has 0 radical (unpaired) electrons. The van der Waals surface area contributed by atoms with Crippen LogP contribution in [0.25, 0.3) is 0 Å². The lowest BCUT2D eigenvalue weighted by Gasteiger charge is -2.18. The summed E-state index contributed by atoms with van der Waals surface area (Å²) < 4.78 is 0.787. The number of phenols is 1. The standard InChI is InChI=1S/C14H17Br2NO2/c15-7-9-2-1-3-10(9)8-17-14(19)12-6-11(16)4-5-13(12)18/h4-6,9-10,18H,1-3,7-8H2,(H,17,19). The highest BCUT2D eigenvalue weighted by Crippen LogP contribution is 2.32. The summed E-state index contributed by atoms with van der Waals surface area (Å²) in [6, 6.07) is 4.88. The van der Waals surface area contributed by atoms with Crippen LogP contribution in [-0.2, 0) is 0 Å². The summed E-state index contributed by atoms with van der Waals surface area (Å²) in [5.74, 6) is 0.997. The Bertz CT molecular complexity index is 465. The number of rotatable bonds is 4. The predicted octanol–water partition coefficient (Wildman–Crippen LogP) is 3.70. The third kappa shape index (κ3) is 3.72. The van der Waals surface area contributed by atoms with Crippen molar-refractivity contribution < 1.29 is 9.90 Å². The van der Waals surface area contributed by atoms with Crippen molar-refractivity contribution in [2.45, 2.75) is 19.3 Å². The average molecular weight is 391 g/mol. The minimum absolute atomic E-state index is 0.0177. The van der Waals surface area contributed by atoms with Crippen molar-refractivity contribution in [1.29, 1.82) is 0 Å². The second-order valence-electron chi connectivity index (χ2n) is 4.98. The maximum Gasteiger partial charge on any atom is 0.255 e. The van der Waals surface area contributed by atoms with E-state index in [1.165, 1.54) is 25.3 Å². The van der Waals surface area contributed by atoms with E-state index in [1.807, 2.05) is 0 Å². The van der Waals surface area contributed by atoms with E-state index < -0.39 is 0 Å². The summed E-state index contributed by atoms with van der Waals surface area (Å²) >= 11 is 6.84. The van der Waals surface area contributed by atoms with Gasteiger partial charge in [0, 0.05) is 16.3 Å². The fraction of sp³-hybridized carbons (Fsp3) is 0.500. The quantitative estimate of drug-likeness (QED) is 0.770. The maximum atomic E-state index is 12.1. The summed E-state index contributed by atoms with van der Waals surface area (Å²) in [4.78, 5) is 12.1. The van der Waals surface area contributed by atoms with E-state index in [2.05, 4.69) is 37.2 Å². The number of halogens is 2. The first kappa shape index (κ1) is 14.9. The molecule has 1 fully saturated rings. The monoisotopic (exact) mass is 389 g/mol. The van der Waals surface area contributed by atoms with Gasteiger partial charge < -0.3 is 10.4 Å². The van der Waals surface area contributed by atoms with Crippen LogP contribution < -0.4 is 5.32 Å². The molecule has 5 heteroatoms. The van der Waals surface area contributed by atoms with E-state index >= 15 is 0 Å². The number of carbonyl (C=O) groups is 1. The second-order valence-corrected chi connectivity index (χ2v) is 6.54. The second kappa shape index (κ2) is 6.75. The number of hydrogen-bond donors (Lipinski definition) is 2. The van der Waals surface area contributed by atoms with E-state index in [1.54, 1.807) is 12.1 Å². The van der Waals surface area contributed by atoms with Crippen molar-refractivity contribution in [1.82, 2.24) is 5.32 Å². The Morgan fingerprint density at radius 1 is 1.37 bits per heavy atom. The molecule has 0 heterocycles. The Balaban J connectivity index is 1.96. The molecule has 2 rings (SSSR count). The molecule has 3 nitrogen and oxygen atoms in total. The van der Waals surface area contributed by atoms with Gasteiger partial charge in [0.1, 0.15) is 5.75 Å². The SMILES string of the molecule is O=C(NCC1CCCC1CBr)c1cc(Br)ccc1O. The molecule has 2 atom stereocenters. The molecule has 1 aliphatic carbocycles. The molecule has 0 saturated heterocycles. The summed E-state index contributed by atoms with van der Waals surface area (Å²) in [6.07, 6.45) is 3.63. The summed E-state index contributed by atoms with van der Waals surface area (Å²) in [7, 11) is 0. The summed E-state index contributed by atoms with van der Waals surface area (Å²) in [6.45, 7) is 0.682. The maximum absolute atomic E-state index is 12.1. The summed E-state index contributed by atoms with van der Waals surface area (Å²) in [5.41, 5.74) is 0.322. The normalized spacial score (nSPS) is 22.4. The highest BCUT2D eigenvalue weighted by molar-refractivity contribution is 9.10. The Hall–Kier alpha value is -0.550. The van der Waals surface area contributed by atoms with Gasteiger partial charge in [0.15, 0.2) is 0 Å². The Morgan fingerprint density at radius 3 is 2.84 bits per heavy atom. The van der Waals surface area contributed by atoms with Crippen molar-refractivity contribution in [2.24, 2.45) is 11.8 Å². The number of amides is 1. The van der Waals surface area contributed by atoms with Gasteiger partial charge in [-0.3, -0.25) is 4.79 Å². The Labute approximate surface area is 130 Å². The molecule has 0 spiro atoms. The molecule has 0 aromatic heterocycles. The number of phenolic OH excluding ortho intramolecular Hbond substituents is 1. The van der Waals surface area contributed by atoms with Gasteiger partial charge in [-0.1, -0.05) is 38.3 Å². The molecule has 2 unspecified atom stereocenters. The number of benzene rings is 1. The van der Waals surface area contributed by atoms with E-state index in [4.69, 9.17) is 0 Å². The first-order chi connectivity index (χ1) is 9.11. The number of carbonyl (C=O) groups excluding carboxylic acids is 1. The van der Waals surface area contributed by atoms with Gasteiger partial charge in [-0.05, 0) is 42.9 Å². The average Bonchev–Trinajstić information content (AvgIpc) is 2.86. The lowest BCUT2D eigenvalue weighted by molar-refractivity contribution is 0.0942. The Morgan fingerprint density at radius 2 is 2.11 bits per heavy atom. The van der Waals surface area contributed by atoms with Crippen LogP contribution >= 0.6 is 31.9 Å². The van der Waals surface area contributed by atoms with Gasteiger partial charge in [0.25, 0.3) is 5.91 Å². The van der Waals surface area contributed by atoms with Crippen molar-refractivity contribution in [2.75, 3.05) is 11.9 Å². The van der Waals surface area contributed by atoms with Crippen LogP contribution in [0.15, 0.2) is 22.7 Å². The van der Waals surface area contributed by atoms with Crippen LogP contribution in [0.4, 0.5) is 0 Å². The highest BCUT2D eigenvalue weighted by Gasteiger charge is 2.26. The largest absolute Gasteiger partial charge is 0.507 e. The lowest BCUT2D eigenvalue weighted by Crippen LogP contribution is -2.31. The van der Waals surface area contributed by atoms with Gasteiger partial charge in [-0.2, -0.15) is 0 Å². The molecule has 0 aliphatic heterocycles. The number of alkyl halides is 1. The van der Waals surface area contributed by atoms with Crippen LogP contribution in [0.3, 0.4) is 0 Å². The van der Waals surface area contributed by atoms with Gasteiger partial charge in [-0.15, -0.1) is 0 Å².